The molecule has 0 aliphatic rings. The summed E-state index contributed by atoms with van der Waals surface area (Å²) in [4.78, 5) is 21.5. The van der Waals surface area contributed by atoms with Crippen LogP contribution < -0.4 is 5.63 Å². The van der Waals surface area contributed by atoms with Crippen molar-refractivity contribution in [2.45, 2.75) is 9.79 Å². The van der Waals surface area contributed by atoms with Crippen LogP contribution in [-0.2, 0) is 9.84 Å². The zero-order valence-electron chi connectivity index (χ0n) is 11.8. The quantitative estimate of drug-likeness (QED) is 0.400. The van der Waals surface area contributed by atoms with Crippen LogP contribution >= 0.6 is 11.6 Å². The molecule has 0 bridgehead atoms. The van der Waals surface area contributed by atoms with Crippen LogP contribution in [0.1, 0.15) is 0 Å². The van der Waals surface area contributed by atoms with Crippen molar-refractivity contribution < 1.29 is 17.8 Å². The number of benzene rings is 2. The van der Waals surface area contributed by atoms with Gasteiger partial charge in [0.15, 0.2) is 4.90 Å². The number of hydrogen-bond acceptors (Lipinski definition) is 6. The Balaban J connectivity index is 2.24. The van der Waals surface area contributed by atoms with Crippen molar-refractivity contribution in [1.82, 2.24) is 0 Å². The van der Waals surface area contributed by atoms with E-state index in [-0.39, 0.29) is 21.6 Å². The number of nitrogens with zero attached hydrogens (tertiary/aromatic N) is 1. The van der Waals surface area contributed by atoms with Crippen molar-refractivity contribution in [2.75, 3.05) is 0 Å². The van der Waals surface area contributed by atoms with Crippen LogP contribution in [-0.4, -0.2) is 13.3 Å². The number of nitro benzene ring substituents is 1. The van der Waals surface area contributed by atoms with E-state index in [1.54, 1.807) is 0 Å². The third-order valence-electron chi connectivity index (χ3n) is 3.31. The summed E-state index contributed by atoms with van der Waals surface area (Å²) in [5, 5.41) is 11.3. The second-order valence-corrected chi connectivity index (χ2v) is 7.19. The van der Waals surface area contributed by atoms with Crippen molar-refractivity contribution >= 4 is 38.1 Å². The zero-order valence-corrected chi connectivity index (χ0v) is 13.4. The van der Waals surface area contributed by atoms with E-state index in [9.17, 15) is 23.3 Å². The molecular weight excluding hydrogens is 358 g/mol. The maximum absolute atomic E-state index is 12.6. The molecule has 3 aromatic rings. The Kier molecular flexibility index (Phi) is 3.86. The lowest BCUT2D eigenvalue weighted by Crippen LogP contribution is -2.14. The fourth-order valence-corrected chi connectivity index (χ4v) is 3.55. The van der Waals surface area contributed by atoms with Crippen LogP contribution in [0.5, 0.6) is 0 Å². The summed E-state index contributed by atoms with van der Waals surface area (Å²) in [7, 11) is -4.15. The average Bonchev–Trinajstić information content (AvgIpc) is 2.54. The van der Waals surface area contributed by atoms with E-state index in [1.807, 2.05) is 0 Å². The lowest BCUT2D eigenvalue weighted by Gasteiger charge is -2.05. The molecule has 9 heteroatoms. The van der Waals surface area contributed by atoms with Crippen LogP contribution in [0.25, 0.3) is 11.0 Å². The molecule has 0 spiro atoms. The van der Waals surface area contributed by atoms with Gasteiger partial charge in [0.25, 0.3) is 5.69 Å². The molecule has 0 aliphatic heterocycles. The molecule has 24 heavy (non-hydrogen) atoms. The van der Waals surface area contributed by atoms with Gasteiger partial charge < -0.3 is 4.42 Å². The maximum atomic E-state index is 12.6. The van der Waals surface area contributed by atoms with Gasteiger partial charge in [-0.15, -0.1) is 0 Å². The minimum absolute atomic E-state index is 0.0562. The normalized spacial score (nSPS) is 11.5. The van der Waals surface area contributed by atoms with Gasteiger partial charge in [-0.2, -0.15) is 0 Å². The third-order valence-corrected chi connectivity index (χ3v) is 5.32. The first-order valence-electron chi connectivity index (χ1n) is 6.52. The molecule has 0 N–H and O–H groups in total. The minimum atomic E-state index is -4.15. The number of fused-ring (bicyclic) bond motifs is 1. The SMILES string of the molecule is O=c1oc2ccc([N+](=O)[O-])cc2cc1S(=O)(=O)c1ccc(Cl)cc1. The van der Waals surface area contributed by atoms with Crippen LogP contribution in [0.4, 0.5) is 5.69 Å². The fraction of sp³-hybridized carbons (Fsp3) is 0. The highest BCUT2D eigenvalue weighted by Gasteiger charge is 2.23. The Bertz CT molecular complexity index is 1120. The van der Waals surface area contributed by atoms with Gasteiger partial charge >= 0.3 is 5.63 Å². The number of sulfone groups is 1. The van der Waals surface area contributed by atoms with E-state index in [0.29, 0.717) is 5.02 Å². The number of non-ortho nitro benzene ring substituents is 1. The molecule has 2 aromatic carbocycles. The first kappa shape index (κ1) is 16.2. The third kappa shape index (κ3) is 2.77. The lowest BCUT2D eigenvalue weighted by molar-refractivity contribution is -0.384. The Morgan fingerprint density at radius 1 is 1.04 bits per heavy atom. The molecule has 122 valence electrons. The molecule has 0 unspecified atom stereocenters. The number of rotatable bonds is 3. The first-order chi connectivity index (χ1) is 11.3. The predicted molar refractivity (Wildman–Crippen MR) is 86.0 cm³/mol. The van der Waals surface area contributed by atoms with Crippen molar-refractivity contribution in [2.24, 2.45) is 0 Å². The van der Waals surface area contributed by atoms with Crippen LogP contribution in [0, 0.1) is 10.1 Å². The summed E-state index contributed by atoms with van der Waals surface area (Å²) in [5.41, 5.74) is -1.24. The van der Waals surface area contributed by atoms with Gasteiger partial charge in [0.1, 0.15) is 5.58 Å². The van der Waals surface area contributed by atoms with Gasteiger partial charge in [-0.05, 0) is 36.4 Å². The van der Waals surface area contributed by atoms with E-state index in [4.69, 9.17) is 16.0 Å². The standard InChI is InChI=1S/C15H8ClNO6S/c16-10-1-4-12(5-2-10)24(21,22)14-8-9-7-11(17(19)20)3-6-13(9)23-15(14)18/h1-8H. The van der Waals surface area contributed by atoms with E-state index >= 15 is 0 Å². The van der Waals surface area contributed by atoms with E-state index < -0.39 is 25.3 Å². The Hall–Kier alpha value is -2.71. The summed E-state index contributed by atoms with van der Waals surface area (Å²) in [5.74, 6) is 0. The monoisotopic (exact) mass is 365 g/mol. The topological polar surface area (TPSA) is 107 Å². The molecule has 0 radical (unpaired) electrons. The van der Waals surface area contributed by atoms with Gasteiger partial charge in [-0.25, -0.2) is 13.2 Å². The van der Waals surface area contributed by atoms with Gasteiger partial charge in [-0.3, -0.25) is 10.1 Å². The van der Waals surface area contributed by atoms with Gasteiger partial charge in [0.05, 0.1) is 9.82 Å². The highest BCUT2D eigenvalue weighted by molar-refractivity contribution is 7.91. The van der Waals surface area contributed by atoms with E-state index in [2.05, 4.69) is 0 Å². The van der Waals surface area contributed by atoms with E-state index in [0.717, 1.165) is 12.1 Å². The molecule has 7 nitrogen and oxygen atoms in total. The Labute approximate surface area is 140 Å². The largest absolute Gasteiger partial charge is 0.422 e. The lowest BCUT2D eigenvalue weighted by atomic mass is 10.2. The summed E-state index contributed by atoms with van der Waals surface area (Å²) < 4.78 is 30.2. The highest BCUT2D eigenvalue weighted by atomic mass is 35.5. The molecular formula is C15H8ClNO6S. The molecule has 1 heterocycles. The number of nitro groups is 1. The molecule has 0 saturated heterocycles. The second-order valence-electron chi connectivity index (χ2n) is 4.83. The highest BCUT2D eigenvalue weighted by Crippen LogP contribution is 2.25. The number of halogens is 1. The average molecular weight is 366 g/mol. The first-order valence-corrected chi connectivity index (χ1v) is 8.38. The second kappa shape index (κ2) is 5.73. The fourth-order valence-electron chi connectivity index (χ4n) is 2.13. The minimum Gasteiger partial charge on any atom is -0.422 e. The van der Waals surface area contributed by atoms with Gasteiger partial charge in [0, 0.05) is 22.5 Å². The molecule has 0 saturated carbocycles. The molecule has 1 aromatic heterocycles. The van der Waals surface area contributed by atoms with Gasteiger partial charge in [-0.1, -0.05) is 11.6 Å². The van der Waals surface area contributed by atoms with Crippen molar-refractivity contribution in [3.05, 3.63) is 74.1 Å². The molecule has 0 fully saturated rings. The smallest absolute Gasteiger partial charge is 0.355 e. The summed E-state index contributed by atoms with van der Waals surface area (Å²) in [6, 6.07) is 9.89. The Morgan fingerprint density at radius 2 is 1.71 bits per heavy atom. The Morgan fingerprint density at radius 3 is 2.33 bits per heavy atom. The zero-order chi connectivity index (χ0) is 17.5. The molecule has 3 rings (SSSR count). The van der Waals surface area contributed by atoms with Crippen molar-refractivity contribution in [3.8, 4) is 0 Å². The summed E-state index contributed by atoms with van der Waals surface area (Å²) in [6.07, 6.45) is 0. The predicted octanol–water partition coefficient (Wildman–Crippen LogP) is 3.19. The van der Waals surface area contributed by atoms with Crippen molar-refractivity contribution in [3.63, 3.8) is 0 Å². The van der Waals surface area contributed by atoms with Crippen LogP contribution in [0.3, 0.4) is 0 Å². The summed E-state index contributed by atoms with van der Waals surface area (Å²) >= 11 is 5.73. The van der Waals surface area contributed by atoms with Crippen LogP contribution in [0.2, 0.25) is 5.02 Å². The number of hydrogen-bond donors (Lipinski definition) is 0. The summed E-state index contributed by atoms with van der Waals surface area (Å²) in [6.45, 7) is 0. The van der Waals surface area contributed by atoms with E-state index in [1.165, 1.54) is 36.4 Å². The molecule has 0 amide bonds. The molecule has 0 atom stereocenters. The van der Waals surface area contributed by atoms with Gasteiger partial charge in [0.2, 0.25) is 9.84 Å². The molecule has 0 aliphatic carbocycles. The van der Waals surface area contributed by atoms with Crippen LogP contribution in [0.15, 0.2) is 67.5 Å². The van der Waals surface area contributed by atoms with Crippen molar-refractivity contribution in [1.29, 1.82) is 0 Å². The maximum Gasteiger partial charge on any atom is 0.355 e.